The number of carbonyl (C=O) groups is 3. The number of hydrogen-bond acceptors (Lipinski definition) is 4. The Morgan fingerprint density at radius 1 is 0.889 bits per heavy atom. The zero-order chi connectivity index (χ0) is 25.0. The minimum atomic E-state index is -0.774. The van der Waals surface area contributed by atoms with Crippen LogP contribution in [0.4, 0.5) is 5.69 Å². The van der Waals surface area contributed by atoms with Crippen molar-refractivity contribution in [1.82, 2.24) is 0 Å². The van der Waals surface area contributed by atoms with Gasteiger partial charge in [-0.15, -0.1) is 0 Å². The molecule has 2 amide bonds. The van der Waals surface area contributed by atoms with Gasteiger partial charge in [0, 0.05) is 5.92 Å². The topological polar surface area (TPSA) is 63.7 Å². The molecular formula is C30H26BrNO4. The van der Waals surface area contributed by atoms with Gasteiger partial charge < -0.3 is 4.74 Å². The van der Waals surface area contributed by atoms with Gasteiger partial charge in [-0.3, -0.25) is 9.59 Å². The number of alkyl halides is 1. The first-order valence-electron chi connectivity index (χ1n) is 12.5. The molecule has 0 radical (unpaired) electrons. The van der Waals surface area contributed by atoms with Crippen molar-refractivity contribution in [2.75, 3.05) is 11.5 Å². The summed E-state index contributed by atoms with van der Waals surface area (Å²) in [6.45, 7) is 2.48. The van der Waals surface area contributed by atoms with Gasteiger partial charge >= 0.3 is 5.97 Å². The van der Waals surface area contributed by atoms with E-state index >= 15 is 0 Å². The van der Waals surface area contributed by atoms with Crippen LogP contribution in [0.25, 0.3) is 0 Å². The number of hydrogen-bond donors (Lipinski definition) is 0. The normalized spacial score (nSPS) is 25.4. The number of benzene rings is 3. The van der Waals surface area contributed by atoms with Gasteiger partial charge in [-0.05, 0) is 52.9 Å². The zero-order valence-electron chi connectivity index (χ0n) is 19.9. The first-order chi connectivity index (χ1) is 17.5. The third-order valence-corrected chi connectivity index (χ3v) is 9.20. The van der Waals surface area contributed by atoms with Gasteiger partial charge in [-0.1, -0.05) is 84.2 Å². The molecule has 1 fully saturated rings. The quantitative estimate of drug-likeness (QED) is 0.167. The smallest absolute Gasteiger partial charge is 0.338 e. The van der Waals surface area contributed by atoms with Gasteiger partial charge in [0.25, 0.3) is 0 Å². The lowest BCUT2D eigenvalue weighted by Gasteiger charge is -2.51. The monoisotopic (exact) mass is 543 g/mol. The summed E-state index contributed by atoms with van der Waals surface area (Å²) in [6.07, 6.45) is 2.90. The van der Waals surface area contributed by atoms with E-state index in [0.717, 1.165) is 41.5 Å². The lowest BCUT2D eigenvalue weighted by Crippen LogP contribution is -2.50. The Bertz CT molecular complexity index is 1330. The molecule has 3 aromatic carbocycles. The molecule has 182 valence electrons. The molecule has 2 bridgehead atoms. The summed E-state index contributed by atoms with van der Waals surface area (Å²) >= 11 is 4.01. The second kappa shape index (κ2) is 8.70. The van der Waals surface area contributed by atoms with E-state index in [1.807, 2.05) is 24.3 Å². The molecule has 2 atom stereocenters. The molecule has 1 heterocycles. The fraction of sp³-hybridized carbons (Fsp3) is 0.300. The third kappa shape index (κ3) is 3.16. The van der Waals surface area contributed by atoms with E-state index in [1.54, 1.807) is 24.3 Å². The van der Waals surface area contributed by atoms with E-state index in [9.17, 15) is 14.4 Å². The Labute approximate surface area is 218 Å². The van der Waals surface area contributed by atoms with E-state index in [0.29, 0.717) is 17.9 Å². The largest absolute Gasteiger partial charge is 0.462 e. The lowest BCUT2D eigenvalue weighted by atomic mass is 9.55. The lowest BCUT2D eigenvalue weighted by molar-refractivity contribution is -0.122. The third-order valence-electron chi connectivity index (χ3n) is 7.86. The second-order valence-electron chi connectivity index (χ2n) is 9.77. The molecule has 5 nitrogen and oxygen atoms in total. The molecule has 36 heavy (non-hydrogen) atoms. The van der Waals surface area contributed by atoms with Gasteiger partial charge in [0.2, 0.25) is 11.8 Å². The molecule has 4 aliphatic rings. The minimum absolute atomic E-state index is 0.180. The van der Waals surface area contributed by atoms with Gasteiger partial charge in [0.1, 0.15) is 0 Å². The van der Waals surface area contributed by atoms with Crippen LogP contribution in [0.5, 0.6) is 0 Å². The Hall–Kier alpha value is -3.25. The van der Waals surface area contributed by atoms with E-state index < -0.39 is 22.1 Å². The van der Waals surface area contributed by atoms with Crippen molar-refractivity contribution in [2.24, 2.45) is 11.8 Å². The van der Waals surface area contributed by atoms with E-state index in [4.69, 9.17) is 4.74 Å². The second-order valence-corrected chi connectivity index (χ2v) is 11.0. The molecule has 1 aliphatic heterocycles. The number of esters is 1. The summed E-state index contributed by atoms with van der Waals surface area (Å²) in [5.41, 5.74) is 5.18. The van der Waals surface area contributed by atoms with E-state index in [1.165, 1.54) is 4.90 Å². The summed E-state index contributed by atoms with van der Waals surface area (Å²) < 4.78 is 4.57. The molecule has 3 aliphatic carbocycles. The number of unbranched alkanes of at least 4 members (excludes halogenated alkanes) is 2. The molecule has 0 unspecified atom stereocenters. The number of nitrogens with zero attached hydrogens (tertiary/aromatic N) is 1. The fourth-order valence-electron chi connectivity index (χ4n) is 6.28. The average Bonchev–Trinajstić information content (AvgIpc) is 3.18. The highest BCUT2D eigenvalue weighted by atomic mass is 79.9. The molecule has 7 rings (SSSR count). The van der Waals surface area contributed by atoms with Crippen LogP contribution in [-0.2, 0) is 18.7 Å². The summed E-state index contributed by atoms with van der Waals surface area (Å²) in [5, 5.41) is 0. The molecule has 6 heteroatoms. The molecule has 1 saturated heterocycles. The maximum absolute atomic E-state index is 14.0. The summed E-state index contributed by atoms with van der Waals surface area (Å²) in [4.78, 5) is 41.6. The van der Waals surface area contributed by atoms with Crippen LogP contribution >= 0.6 is 15.9 Å². The number of amides is 2. The van der Waals surface area contributed by atoms with Crippen LogP contribution < -0.4 is 4.90 Å². The van der Waals surface area contributed by atoms with Crippen LogP contribution in [0, 0.1) is 11.8 Å². The van der Waals surface area contributed by atoms with E-state index in [2.05, 4.69) is 47.1 Å². The highest BCUT2D eigenvalue weighted by molar-refractivity contribution is 9.09. The van der Waals surface area contributed by atoms with Gasteiger partial charge in [0.15, 0.2) is 0 Å². The van der Waals surface area contributed by atoms with Crippen molar-refractivity contribution in [3.8, 4) is 0 Å². The molecule has 0 saturated carbocycles. The Kier molecular flexibility index (Phi) is 5.60. The zero-order valence-corrected chi connectivity index (χ0v) is 21.5. The number of imide groups is 1. The minimum Gasteiger partial charge on any atom is -0.462 e. The maximum atomic E-state index is 14.0. The van der Waals surface area contributed by atoms with Crippen molar-refractivity contribution in [2.45, 2.75) is 36.4 Å². The maximum Gasteiger partial charge on any atom is 0.338 e. The van der Waals surface area contributed by atoms with Crippen LogP contribution in [0.1, 0.15) is 64.7 Å². The predicted octanol–water partition coefficient (Wildman–Crippen LogP) is 5.94. The molecule has 3 aromatic rings. The Morgan fingerprint density at radius 2 is 1.50 bits per heavy atom. The Morgan fingerprint density at radius 3 is 2.11 bits per heavy atom. The van der Waals surface area contributed by atoms with Crippen molar-refractivity contribution >= 4 is 39.4 Å². The summed E-state index contributed by atoms with van der Waals surface area (Å²) in [5.74, 6) is -2.04. The number of halogens is 1. The van der Waals surface area contributed by atoms with Gasteiger partial charge in [-0.25, -0.2) is 9.69 Å². The van der Waals surface area contributed by atoms with Crippen molar-refractivity contribution in [3.05, 3.63) is 101 Å². The molecule has 0 spiro atoms. The predicted molar refractivity (Wildman–Crippen MR) is 140 cm³/mol. The molecule has 0 aromatic heterocycles. The molecular weight excluding hydrogens is 518 g/mol. The van der Waals surface area contributed by atoms with Crippen LogP contribution in [0.2, 0.25) is 0 Å². The highest BCUT2D eigenvalue weighted by Gasteiger charge is 2.67. The fourth-order valence-corrected chi connectivity index (χ4v) is 7.48. The van der Waals surface area contributed by atoms with E-state index in [-0.39, 0.29) is 17.7 Å². The summed E-state index contributed by atoms with van der Waals surface area (Å²) in [7, 11) is 0. The van der Waals surface area contributed by atoms with Gasteiger partial charge in [-0.2, -0.15) is 0 Å². The van der Waals surface area contributed by atoms with Crippen LogP contribution in [0.15, 0.2) is 72.8 Å². The van der Waals surface area contributed by atoms with Crippen molar-refractivity contribution in [3.63, 3.8) is 0 Å². The van der Waals surface area contributed by atoms with Crippen molar-refractivity contribution < 1.29 is 19.1 Å². The average molecular weight is 544 g/mol. The Balaban J connectivity index is 1.35. The van der Waals surface area contributed by atoms with Crippen LogP contribution in [-0.4, -0.2) is 24.4 Å². The number of rotatable bonds is 6. The number of ether oxygens (including phenoxy) is 1. The summed E-state index contributed by atoms with van der Waals surface area (Å²) in [6, 6.07) is 22.8. The van der Waals surface area contributed by atoms with Crippen molar-refractivity contribution in [1.29, 1.82) is 0 Å². The standard InChI is InChI=1S/C30H26BrNO4/c1-2-3-8-17-36-29(35)18-13-15-19(16-14-18)32-27(33)25-24-20-9-4-6-11-22(20)30(31,26(25)28(32)34)23-12-7-5-10-21(23)24/h4-7,9-16,24-26H,2-3,8,17H2,1H3/t24?,25-,26+,30?/m0/s1. The van der Waals surface area contributed by atoms with Crippen LogP contribution in [0.3, 0.4) is 0 Å². The first kappa shape index (κ1) is 23.2. The SMILES string of the molecule is CCCCCOC(=O)c1ccc(N2C(=O)[C@H]3C4c5ccccc5C(Br)(c5ccccc54)[C@H]3C2=O)cc1. The molecule has 0 N–H and O–H groups in total. The highest BCUT2D eigenvalue weighted by Crippen LogP contribution is 2.66. The number of carbonyl (C=O) groups excluding carboxylic acids is 3. The number of anilines is 1. The first-order valence-corrected chi connectivity index (χ1v) is 13.3. The van der Waals surface area contributed by atoms with Gasteiger partial charge in [0.05, 0.1) is 34.0 Å².